The summed E-state index contributed by atoms with van der Waals surface area (Å²) in [5.41, 5.74) is 0.831. The van der Waals surface area contributed by atoms with Crippen LogP contribution >= 0.6 is 0 Å². The lowest BCUT2D eigenvalue weighted by atomic mass is 10.1. The molecule has 3 aromatic rings. The van der Waals surface area contributed by atoms with Gasteiger partial charge in [-0.3, -0.25) is 19.7 Å². The number of amides is 2. The lowest BCUT2D eigenvalue weighted by Gasteiger charge is -2.14. The van der Waals surface area contributed by atoms with Gasteiger partial charge in [0.2, 0.25) is 0 Å². The lowest BCUT2D eigenvalue weighted by molar-refractivity contribution is -0.384. The number of fused-ring (bicyclic) bond motifs is 1. The van der Waals surface area contributed by atoms with Gasteiger partial charge >= 0.3 is 0 Å². The minimum Gasteiger partial charge on any atom is -0.496 e. The van der Waals surface area contributed by atoms with Crippen LogP contribution in [0.15, 0.2) is 60.7 Å². The summed E-state index contributed by atoms with van der Waals surface area (Å²) in [4.78, 5) is 37.5. The Morgan fingerprint density at radius 1 is 0.833 bits per heavy atom. The Balaban J connectivity index is 1.70. The second kappa shape index (κ2) is 7.32. The van der Waals surface area contributed by atoms with E-state index >= 15 is 0 Å². The van der Waals surface area contributed by atoms with Gasteiger partial charge in [0.15, 0.2) is 0 Å². The molecule has 0 fully saturated rings. The molecule has 8 nitrogen and oxygen atoms in total. The van der Waals surface area contributed by atoms with Gasteiger partial charge in [0, 0.05) is 0 Å². The maximum absolute atomic E-state index is 13.0. The molecule has 0 N–H and O–H groups in total. The number of nitro benzene ring substituents is 1. The van der Waals surface area contributed by atoms with Crippen molar-refractivity contribution in [2.24, 2.45) is 0 Å². The van der Waals surface area contributed by atoms with E-state index in [0.717, 1.165) is 10.5 Å². The van der Waals surface area contributed by atoms with E-state index in [-0.39, 0.29) is 22.6 Å². The Morgan fingerprint density at radius 3 is 2.13 bits per heavy atom. The molecule has 30 heavy (non-hydrogen) atoms. The molecule has 0 aromatic heterocycles. The van der Waals surface area contributed by atoms with Gasteiger partial charge in [0.25, 0.3) is 17.5 Å². The Hall–Kier alpha value is -4.20. The van der Waals surface area contributed by atoms with Crippen LogP contribution in [0.25, 0.3) is 0 Å². The van der Waals surface area contributed by atoms with Gasteiger partial charge in [0.1, 0.15) is 22.9 Å². The van der Waals surface area contributed by atoms with Crippen LogP contribution in [0.1, 0.15) is 26.3 Å². The van der Waals surface area contributed by atoms with Crippen LogP contribution in [0.3, 0.4) is 0 Å². The van der Waals surface area contributed by atoms with E-state index < -0.39 is 22.4 Å². The Bertz CT molecular complexity index is 1190. The number of methoxy groups -OCH3 is 1. The van der Waals surface area contributed by atoms with Crippen LogP contribution in [0.4, 0.5) is 11.4 Å². The van der Waals surface area contributed by atoms with E-state index in [1.807, 2.05) is 19.1 Å². The van der Waals surface area contributed by atoms with Gasteiger partial charge in [-0.1, -0.05) is 17.7 Å². The fraction of sp³-hybridized carbons (Fsp3) is 0.0909. The van der Waals surface area contributed by atoms with Crippen LogP contribution in [0.2, 0.25) is 0 Å². The highest BCUT2D eigenvalue weighted by Gasteiger charge is 2.40. The molecule has 1 heterocycles. The maximum Gasteiger partial charge on any atom is 0.297 e. The molecule has 0 bridgehead atoms. The first kappa shape index (κ1) is 19.1. The number of hydrogen-bond acceptors (Lipinski definition) is 6. The molecule has 1 aliphatic rings. The molecular formula is C22H16N2O6. The molecule has 0 radical (unpaired) electrons. The van der Waals surface area contributed by atoms with Gasteiger partial charge in [-0.2, -0.15) is 0 Å². The molecule has 2 amide bonds. The van der Waals surface area contributed by atoms with Gasteiger partial charge in [0.05, 0.1) is 29.2 Å². The fourth-order valence-electron chi connectivity index (χ4n) is 3.21. The molecule has 0 saturated carbocycles. The highest BCUT2D eigenvalue weighted by atomic mass is 16.6. The number of nitro groups is 1. The van der Waals surface area contributed by atoms with E-state index in [1.54, 1.807) is 18.2 Å². The van der Waals surface area contributed by atoms with E-state index in [0.29, 0.717) is 11.5 Å². The summed E-state index contributed by atoms with van der Waals surface area (Å²) < 4.78 is 10.8. The number of ether oxygens (including phenoxy) is 2. The number of imide groups is 1. The van der Waals surface area contributed by atoms with Crippen LogP contribution in [0, 0.1) is 17.0 Å². The molecule has 0 atom stereocenters. The second-order valence-corrected chi connectivity index (χ2v) is 6.68. The first-order valence-corrected chi connectivity index (χ1v) is 8.99. The normalized spacial score (nSPS) is 12.7. The number of rotatable bonds is 5. The monoisotopic (exact) mass is 404 g/mol. The Labute approximate surface area is 171 Å². The predicted octanol–water partition coefficient (Wildman–Crippen LogP) is 4.50. The molecule has 1 aliphatic heterocycles. The predicted molar refractivity (Wildman–Crippen MR) is 108 cm³/mol. The van der Waals surface area contributed by atoms with E-state index in [9.17, 15) is 19.7 Å². The Kier molecular flexibility index (Phi) is 4.67. The third-order valence-corrected chi connectivity index (χ3v) is 4.73. The number of anilines is 1. The quantitative estimate of drug-likeness (QED) is 0.353. The molecule has 8 heteroatoms. The number of nitrogens with zero attached hydrogens (tertiary/aromatic N) is 2. The zero-order valence-electron chi connectivity index (χ0n) is 16.1. The number of carbonyl (C=O) groups is 2. The highest BCUT2D eigenvalue weighted by molar-refractivity contribution is 6.35. The van der Waals surface area contributed by atoms with Crippen molar-refractivity contribution in [2.75, 3.05) is 12.0 Å². The van der Waals surface area contributed by atoms with Crippen molar-refractivity contribution in [3.05, 3.63) is 87.5 Å². The molecule has 3 aromatic carbocycles. The van der Waals surface area contributed by atoms with Crippen molar-refractivity contribution in [1.29, 1.82) is 0 Å². The number of carbonyl (C=O) groups excluding carboxylic acids is 2. The zero-order chi connectivity index (χ0) is 21.4. The van der Waals surface area contributed by atoms with Gasteiger partial charge in [-0.05, 0) is 49.4 Å². The van der Waals surface area contributed by atoms with Gasteiger partial charge in [-0.25, -0.2) is 4.90 Å². The molecule has 0 saturated heterocycles. The van der Waals surface area contributed by atoms with E-state index in [1.165, 1.54) is 37.4 Å². The third kappa shape index (κ3) is 3.24. The average Bonchev–Trinajstić information content (AvgIpc) is 2.99. The molecule has 150 valence electrons. The summed E-state index contributed by atoms with van der Waals surface area (Å²) in [6, 6.07) is 15.8. The number of benzene rings is 3. The lowest BCUT2D eigenvalue weighted by Crippen LogP contribution is -2.30. The average molecular weight is 404 g/mol. The second-order valence-electron chi connectivity index (χ2n) is 6.68. The smallest absolute Gasteiger partial charge is 0.297 e. The van der Waals surface area contributed by atoms with Crippen LogP contribution in [0.5, 0.6) is 17.2 Å². The highest BCUT2D eigenvalue weighted by Crippen LogP contribution is 2.38. The summed E-state index contributed by atoms with van der Waals surface area (Å²) in [6.07, 6.45) is 0. The standard InChI is InChI=1S/C22H16N2O6/c1-13-3-5-14(6-4-13)30-16-7-9-17-18(11-16)22(26)23(21(17)25)19-10-8-15(29-2)12-20(19)24(27)28/h3-12H,1-2H3. The first-order chi connectivity index (χ1) is 14.4. The van der Waals surface area contributed by atoms with Crippen LogP contribution in [-0.4, -0.2) is 23.8 Å². The fourth-order valence-corrected chi connectivity index (χ4v) is 3.21. The molecule has 4 rings (SSSR count). The molecule has 0 spiro atoms. The van der Waals surface area contributed by atoms with Crippen molar-refractivity contribution >= 4 is 23.2 Å². The number of hydrogen-bond donors (Lipinski definition) is 0. The number of aryl methyl sites for hydroxylation is 1. The van der Waals surface area contributed by atoms with Gasteiger partial charge < -0.3 is 9.47 Å². The Morgan fingerprint density at radius 2 is 1.47 bits per heavy atom. The summed E-state index contributed by atoms with van der Waals surface area (Å²) in [5.74, 6) is -0.0802. The zero-order valence-corrected chi connectivity index (χ0v) is 16.1. The van der Waals surface area contributed by atoms with Crippen molar-refractivity contribution in [1.82, 2.24) is 0 Å². The van der Waals surface area contributed by atoms with Crippen molar-refractivity contribution in [3.63, 3.8) is 0 Å². The molecule has 0 unspecified atom stereocenters. The summed E-state index contributed by atoms with van der Waals surface area (Å²) in [6.45, 7) is 1.95. The molecule has 0 aliphatic carbocycles. The van der Waals surface area contributed by atoms with Crippen molar-refractivity contribution in [2.45, 2.75) is 6.92 Å². The summed E-state index contributed by atoms with van der Waals surface area (Å²) >= 11 is 0. The summed E-state index contributed by atoms with van der Waals surface area (Å²) in [7, 11) is 1.37. The van der Waals surface area contributed by atoms with E-state index in [2.05, 4.69) is 0 Å². The minimum absolute atomic E-state index is 0.118. The van der Waals surface area contributed by atoms with Crippen LogP contribution < -0.4 is 14.4 Å². The SMILES string of the molecule is COc1ccc(N2C(=O)c3ccc(Oc4ccc(C)cc4)cc3C2=O)c([N+](=O)[O-])c1. The topological polar surface area (TPSA) is 99.0 Å². The largest absolute Gasteiger partial charge is 0.496 e. The minimum atomic E-state index is -0.659. The first-order valence-electron chi connectivity index (χ1n) is 8.99. The molecular weight excluding hydrogens is 388 g/mol. The van der Waals surface area contributed by atoms with Crippen molar-refractivity contribution in [3.8, 4) is 17.2 Å². The van der Waals surface area contributed by atoms with Crippen molar-refractivity contribution < 1.29 is 24.0 Å². The van der Waals surface area contributed by atoms with Gasteiger partial charge in [-0.15, -0.1) is 0 Å². The maximum atomic E-state index is 13.0. The third-order valence-electron chi connectivity index (χ3n) is 4.73. The van der Waals surface area contributed by atoms with Crippen LogP contribution in [-0.2, 0) is 0 Å². The summed E-state index contributed by atoms with van der Waals surface area (Å²) in [5, 5.41) is 11.5. The van der Waals surface area contributed by atoms with E-state index in [4.69, 9.17) is 9.47 Å².